The Kier molecular flexibility index (Phi) is 4.91. The third kappa shape index (κ3) is 3.86. The van der Waals surface area contributed by atoms with Crippen molar-refractivity contribution in [3.8, 4) is 0 Å². The molecule has 1 aromatic carbocycles. The molecule has 1 saturated heterocycles. The molecule has 0 bridgehead atoms. The van der Waals surface area contributed by atoms with Crippen molar-refractivity contribution in [2.75, 3.05) is 42.9 Å². The number of anilines is 2. The highest BCUT2D eigenvalue weighted by Crippen LogP contribution is 2.17. The van der Waals surface area contributed by atoms with Crippen LogP contribution in [0.3, 0.4) is 0 Å². The second-order valence-corrected chi connectivity index (χ2v) is 6.70. The van der Waals surface area contributed by atoms with Crippen LogP contribution in [0.15, 0.2) is 48.9 Å². The molecule has 1 N–H and O–H groups in total. The van der Waals surface area contributed by atoms with Crippen molar-refractivity contribution in [2.24, 2.45) is 0 Å². The number of fused-ring (bicyclic) bond motifs is 1. The molecule has 3 heterocycles. The Morgan fingerprint density at radius 3 is 2.63 bits per heavy atom. The van der Waals surface area contributed by atoms with Gasteiger partial charge in [0.2, 0.25) is 11.7 Å². The first-order valence-corrected chi connectivity index (χ1v) is 9.38. The summed E-state index contributed by atoms with van der Waals surface area (Å²) >= 11 is 0. The number of hydrogen-bond acceptors (Lipinski definition) is 5. The van der Waals surface area contributed by atoms with E-state index in [-0.39, 0.29) is 5.91 Å². The molecule has 0 spiro atoms. The Morgan fingerprint density at radius 2 is 1.93 bits per heavy atom. The first-order chi connectivity index (χ1) is 13.2. The Bertz CT molecular complexity index is 879. The summed E-state index contributed by atoms with van der Waals surface area (Å²) in [7, 11) is 0. The van der Waals surface area contributed by atoms with E-state index in [4.69, 9.17) is 0 Å². The molecule has 2 aromatic heterocycles. The number of nitrogens with zero attached hydrogens (tertiary/aromatic N) is 5. The summed E-state index contributed by atoms with van der Waals surface area (Å²) in [4.78, 5) is 25.6. The molecule has 1 aliphatic heterocycles. The second-order valence-electron chi connectivity index (χ2n) is 6.70. The third-order valence-electron chi connectivity index (χ3n) is 4.87. The third-order valence-corrected chi connectivity index (χ3v) is 4.87. The number of imidazole rings is 1. The number of hydrogen-bond donors (Lipinski definition) is 1. The van der Waals surface area contributed by atoms with Gasteiger partial charge in [-0.1, -0.05) is 12.1 Å². The van der Waals surface area contributed by atoms with Gasteiger partial charge >= 0.3 is 0 Å². The smallest absolute Gasteiger partial charge is 0.235 e. The molecule has 0 atom stereocenters. The monoisotopic (exact) mass is 364 g/mol. The van der Waals surface area contributed by atoms with E-state index < -0.39 is 0 Å². The van der Waals surface area contributed by atoms with E-state index in [0.717, 1.165) is 49.8 Å². The fourth-order valence-electron chi connectivity index (χ4n) is 3.39. The van der Waals surface area contributed by atoms with Crippen LogP contribution in [0.1, 0.15) is 12.5 Å². The number of piperazine rings is 1. The van der Waals surface area contributed by atoms with Gasteiger partial charge in [-0.15, -0.1) is 0 Å². The Morgan fingerprint density at radius 1 is 1.15 bits per heavy atom. The van der Waals surface area contributed by atoms with Crippen molar-refractivity contribution in [1.82, 2.24) is 19.3 Å². The average Bonchev–Trinajstić information content (AvgIpc) is 3.14. The van der Waals surface area contributed by atoms with E-state index in [9.17, 15) is 4.79 Å². The van der Waals surface area contributed by atoms with Gasteiger partial charge in [-0.25, -0.2) is 4.98 Å². The van der Waals surface area contributed by atoms with Crippen LogP contribution < -0.4 is 10.2 Å². The maximum Gasteiger partial charge on any atom is 0.235 e. The van der Waals surface area contributed by atoms with Crippen LogP contribution in [0.5, 0.6) is 0 Å². The highest BCUT2D eigenvalue weighted by Gasteiger charge is 2.22. The van der Waals surface area contributed by atoms with E-state index in [1.54, 1.807) is 6.20 Å². The normalized spacial score (nSPS) is 14.6. The first kappa shape index (κ1) is 17.3. The molecule has 1 amide bonds. The summed E-state index contributed by atoms with van der Waals surface area (Å²) in [6.45, 7) is 5.97. The summed E-state index contributed by atoms with van der Waals surface area (Å²) in [5.41, 5.74) is 2.14. The van der Waals surface area contributed by atoms with Crippen LogP contribution in [0.4, 0.5) is 11.5 Å². The molecule has 27 heavy (non-hydrogen) atoms. The molecule has 0 unspecified atom stereocenters. The lowest BCUT2D eigenvalue weighted by atomic mass is 10.1. The lowest BCUT2D eigenvalue weighted by Gasteiger charge is -2.34. The topological polar surface area (TPSA) is 65.8 Å². The molecule has 4 rings (SSSR count). The predicted molar refractivity (Wildman–Crippen MR) is 106 cm³/mol. The molecule has 7 nitrogen and oxygen atoms in total. The molecule has 0 aliphatic carbocycles. The number of nitrogens with one attached hydrogen (secondary N) is 1. The van der Waals surface area contributed by atoms with Gasteiger partial charge in [0.15, 0.2) is 0 Å². The van der Waals surface area contributed by atoms with Gasteiger partial charge in [0.05, 0.1) is 12.6 Å². The van der Waals surface area contributed by atoms with E-state index in [1.165, 1.54) is 0 Å². The molecule has 140 valence electrons. The predicted octanol–water partition coefficient (Wildman–Crippen LogP) is 2.05. The van der Waals surface area contributed by atoms with Crippen molar-refractivity contribution >= 4 is 23.2 Å². The minimum Gasteiger partial charge on any atom is -0.385 e. The van der Waals surface area contributed by atoms with Crippen LogP contribution >= 0.6 is 0 Å². The zero-order valence-electron chi connectivity index (χ0n) is 15.5. The van der Waals surface area contributed by atoms with E-state index in [2.05, 4.69) is 27.1 Å². The minimum atomic E-state index is 0.183. The fraction of sp³-hybridized carbons (Fsp3) is 0.350. The lowest BCUT2D eigenvalue weighted by Crippen LogP contribution is -2.49. The number of amides is 1. The highest BCUT2D eigenvalue weighted by molar-refractivity contribution is 5.79. The van der Waals surface area contributed by atoms with Crippen molar-refractivity contribution in [2.45, 2.75) is 13.3 Å². The van der Waals surface area contributed by atoms with Gasteiger partial charge in [-0.05, 0) is 30.7 Å². The molecule has 0 saturated carbocycles. The van der Waals surface area contributed by atoms with Crippen molar-refractivity contribution in [3.05, 3.63) is 54.5 Å². The fourth-order valence-corrected chi connectivity index (χ4v) is 3.39. The number of carbonyl (C=O) groups is 1. The molecule has 3 aromatic rings. The van der Waals surface area contributed by atoms with Crippen LogP contribution in [0.2, 0.25) is 0 Å². The second kappa shape index (κ2) is 7.65. The SMILES string of the molecule is CCNc1ccc(CC(=O)N2CCN(c3cn4cccnc4n3)CC2)cc1. The Hall–Kier alpha value is -3.09. The van der Waals surface area contributed by atoms with E-state index in [1.807, 2.05) is 52.0 Å². The number of rotatable bonds is 5. The van der Waals surface area contributed by atoms with Gasteiger partial charge in [0.25, 0.3) is 0 Å². The van der Waals surface area contributed by atoms with Gasteiger partial charge in [-0.3, -0.25) is 9.20 Å². The van der Waals surface area contributed by atoms with E-state index >= 15 is 0 Å². The lowest BCUT2D eigenvalue weighted by molar-refractivity contribution is -0.130. The summed E-state index contributed by atoms with van der Waals surface area (Å²) in [5, 5.41) is 3.27. The molecule has 1 fully saturated rings. The molecular formula is C20H24N6O. The highest BCUT2D eigenvalue weighted by atomic mass is 16.2. The zero-order chi connectivity index (χ0) is 18.6. The maximum atomic E-state index is 12.6. The van der Waals surface area contributed by atoms with Crippen LogP contribution in [-0.2, 0) is 11.2 Å². The number of benzene rings is 1. The molecule has 7 heteroatoms. The quantitative estimate of drug-likeness (QED) is 0.751. The van der Waals surface area contributed by atoms with Gasteiger partial charge in [-0.2, -0.15) is 4.98 Å². The first-order valence-electron chi connectivity index (χ1n) is 9.38. The summed E-state index contributed by atoms with van der Waals surface area (Å²) < 4.78 is 1.92. The van der Waals surface area contributed by atoms with Crippen LogP contribution in [-0.4, -0.2) is 57.9 Å². The summed E-state index contributed by atoms with van der Waals surface area (Å²) in [5.74, 6) is 1.80. The average molecular weight is 364 g/mol. The zero-order valence-corrected chi connectivity index (χ0v) is 15.5. The van der Waals surface area contributed by atoms with Crippen molar-refractivity contribution < 1.29 is 4.79 Å². The van der Waals surface area contributed by atoms with Crippen LogP contribution in [0.25, 0.3) is 5.78 Å². The summed E-state index contributed by atoms with van der Waals surface area (Å²) in [6.07, 6.45) is 6.13. The number of aromatic nitrogens is 3. The van der Waals surface area contributed by atoms with Crippen molar-refractivity contribution in [1.29, 1.82) is 0 Å². The van der Waals surface area contributed by atoms with Gasteiger partial charge in [0.1, 0.15) is 5.82 Å². The summed E-state index contributed by atoms with van der Waals surface area (Å²) in [6, 6.07) is 9.99. The van der Waals surface area contributed by atoms with Gasteiger partial charge in [0, 0.05) is 50.8 Å². The van der Waals surface area contributed by atoms with Crippen LogP contribution in [0, 0.1) is 0 Å². The molecule has 0 radical (unpaired) electrons. The minimum absolute atomic E-state index is 0.183. The molecule has 1 aliphatic rings. The Balaban J connectivity index is 1.33. The van der Waals surface area contributed by atoms with E-state index in [0.29, 0.717) is 12.2 Å². The maximum absolute atomic E-state index is 12.6. The largest absolute Gasteiger partial charge is 0.385 e. The van der Waals surface area contributed by atoms with Crippen molar-refractivity contribution in [3.63, 3.8) is 0 Å². The standard InChI is InChI=1S/C20H24N6O/c1-2-21-17-6-4-16(5-7-17)14-19(27)25-12-10-24(11-13-25)18-15-26-9-3-8-22-20(26)23-18/h3-9,15,21H,2,10-14H2,1H3. The Labute approximate surface area is 158 Å². The van der Waals surface area contributed by atoms with Gasteiger partial charge < -0.3 is 15.1 Å². The molecular weight excluding hydrogens is 340 g/mol. The number of carbonyl (C=O) groups excluding carboxylic acids is 1.